The number of nitrogens with zero attached hydrogens (tertiary/aromatic N) is 2. The molecule has 0 radical (unpaired) electrons. The largest absolute Gasteiger partial charge is 0.507 e. The molecule has 0 bridgehead atoms. The van der Waals surface area contributed by atoms with Crippen molar-refractivity contribution in [2.24, 2.45) is 0 Å². The standard InChI is InChI=1S/C21H15ClN2O4/c22-14-5-3-4-13(10-14)11-24-9-8-23-12-16(15-6-1-2-7-17(15)25)19(26)20(27)18(23)21(24)28/h1-10,12,25,27H,11H2. The minimum absolute atomic E-state index is 0.0896. The van der Waals surface area contributed by atoms with Crippen molar-refractivity contribution in [3.8, 4) is 22.6 Å². The number of phenols is 1. The second kappa shape index (κ2) is 6.90. The third kappa shape index (κ3) is 3.04. The molecule has 6 nitrogen and oxygen atoms in total. The zero-order valence-electron chi connectivity index (χ0n) is 14.5. The van der Waals surface area contributed by atoms with Crippen LogP contribution in [0.15, 0.2) is 76.7 Å². The molecule has 0 saturated carbocycles. The van der Waals surface area contributed by atoms with E-state index < -0.39 is 16.7 Å². The number of benzene rings is 2. The first-order chi connectivity index (χ1) is 13.5. The van der Waals surface area contributed by atoms with Crippen LogP contribution in [0.1, 0.15) is 5.56 Å². The summed E-state index contributed by atoms with van der Waals surface area (Å²) in [5.74, 6) is -0.751. The number of halogens is 1. The number of hydrogen-bond acceptors (Lipinski definition) is 4. The summed E-state index contributed by atoms with van der Waals surface area (Å²) in [6, 6.07) is 13.4. The van der Waals surface area contributed by atoms with E-state index in [9.17, 15) is 19.8 Å². The van der Waals surface area contributed by atoms with E-state index in [4.69, 9.17) is 11.6 Å². The van der Waals surface area contributed by atoms with Gasteiger partial charge in [0.05, 0.1) is 12.1 Å². The van der Waals surface area contributed by atoms with Crippen LogP contribution in [-0.2, 0) is 6.54 Å². The van der Waals surface area contributed by atoms with E-state index in [0.717, 1.165) is 5.56 Å². The number of phenolic OH excluding ortho intramolecular Hbond substituents is 1. The summed E-state index contributed by atoms with van der Waals surface area (Å²) >= 11 is 5.99. The fourth-order valence-corrected chi connectivity index (χ4v) is 3.37. The summed E-state index contributed by atoms with van der Waals surface area (Å²) < 4.78 is 2.77. The van der Waals surface area contributed by atoms with Crippen molar-refractivity contribution in [2.75, 3.05) is 0 Å². The van der Waals surface area contributed by atoms with Gasteiger partial charge >= 0.3 is 0 Å². The lowest BCUT2D eigenvalue weighted by molar-refractivity contribution is 0.471. The van der Waals surface area contributed by atoms with E-state index in [1.54, 1.807) is 48.8 Å². The van der Waals surface area contributed by atoms with Crippen molar-refractivity contribution >= 4 is 17.1 Å². The summed E-state index contributed by atoms with van der Waals surface area (Å²) in [7, 11) is 0. The van der Waals surface area contributed by atoms with E-state index in [2.05, 4.69) is 0 Å². The molecule has 0 amide bonds. The molecule has 2 N–H and O–H groups in total. The molecule has 7 heteroatoms. The minimum Gasteiger partial charge on any atom is -0.507 e. The summed E-state index contributed by atoms with van der Waals surface area (Å²) in [6.45, 7) is 0.241. The van der Waals surface area contributed by atoms with Crippen molar-refractivity contribution in [3.63, 3.8) is 0 Å². The van der Waals surface area contributed by atoms with Gasteiger partial charge in [0.25, 0.3) is 5.56 Å². The van der Waals surface area contributed by atoms with E-state index in [1.807, 2.05) is 6.07 Å². The highest BCUT2D eigenvalue weighted by Crippen LogP contribution is 2.27. The van der Waals surface area contributed by atoms with Crippen LogP contribution in [0.4, 0.5) is 0 Å². The van der Waals surface area contributed by atoms with Gasteiger partial charge in [0.1, 0.15) is 5.75 Å². The first-order valence-electron chi connectivity index (χ1n) is 8.46. The second-order valence-electron chi connectivity index (χ2n) is 6.35. The predicted molar refractivity (Wildman–Crippen MR) is 107 cm³/mol. The van der Waals surface area contributed by atoms with E-state index in [0.29, 0.717) is 5.02 Å². The Kier molecular flexibility index (Phi) is 4.41. The molecule has 2 aromatic carbocycles. The number of aromatic hydroxyl groups is 2. The number of hydrogen-bond donors (Lipinski definition) is 2. The van der Waals surface area contributed by atoms with Gasteiger partial charge in [-0.1, -0.05) is 41.9 Å². The van der Waals surface area contributed by atoms with Gasteiger partial charge in [0, 0.05) is 29.2 Å². The van der Waals surface area contributed by atoms with E-state index >= 15 is 0 Å². The Morgan fingerprint density at radius 2 is 1.71 bits per heavy atom. The Balaban J connectivity index is 1.89. The van der Waals surface area contributed by atoms with Crippen LogP contribution in [0, 0.1) is 0 Å². The Morgan fingerprint density at radius 1 is 0.929 bits per heavy atom. The van der Waals surface area contributed by atoms with Crippen LogP contribution in [0.3, 0.4) is 0 Å². The molecule has 140 valence electrons. The maximum absolute atomic E-state index is 12.9. The Hall–Kier alpha value is -3.51. The fourth-order valence-electron chi connectivity index (χ4n) is 3.15. The van der Waals surface area contributed by atoms with Gasteiger partial charge in [0.15, 0.2) is 11.3 Å². The molecule has 0 saturated heterocycles. The molecule has 28 heavy (non-hydrogen) atoms. The van der Waals surface area contributed by atoms with Crippen LogP contribution < -0.4 is 11.0 Å². The van der Waals surface area contributed by atoms with Crippen LogP contribution in [0.5, 0.6) is 11.5 Å². The number of pyridine rings is 1. The first-order valence-corrected chi connectivity index (χ1v) is 8.83. The summed E-state index contributed by atoms with van der Waals surface area (Å²) in [4.78, 5) is 25.5. The van der Waals surface area contributed by atoms with Crippen molar-refractivity contribution in [2.45, 2.75) is 6.54 Å². The molecular formula is C21H15ClN2O4. The lowest BCUT2D eigenvalue weighted by Crippen LogP contribution is -2.24. The predicted octanol–water partition coefficient (Wildman–Crippen LogP) is 3.24. The van der Waals surface area contributed by atoms with Gasteiger partial charge in [-0.15, -0.1) is 0 Å². The molecule has 2 heterocycles. The molecule has 4 aromatic rings. The molecular weight excluding hydrogens is 380 g/mol. The normalized spacial score (nSPS) is 11.0. The fraction of sp³-hybridized carbons (Fsp3) is 0.0476. The Labute approximate surface area is 164 Å². The average Bonchev–Trinajstić information content (AvgIpc) is 2.67. The topological polar surface area (TPSA) is 83.9 Å². The van der Waals surface area contributed by atoms with Crippen molar-refractivity contribution in [1.82, 2.24) is 8.97 Å². The zero-order valence-corrected chi connectivity index (χ0v) is 15.3. The minimum atomic E-state index is -0.723. The van der Waals surface area contributed by atoms with Crippen molar-refractivity contribution < 1.29 is 10.2 Å². The van der Waals surface area contributed by atoms with Gasteiger partial charge in [-0.3, -0.25) is 9.59 Å². The molecule has 4 rings (SSSR count). The average molecular weight is 395 g/mol. The van der Waals surface area contributed by atoms with Crippen LogP contribution >= 0.6 is 11.6 Å². The molecule has 0 aliphatic carbocycles. The maximum atomic E-state index is 12.9. The molecule has 0 aliphatic heterocycles. The first kappa shape index (κ1) is 17.9. The summed E-state index contributed by atoms with van der Waals surface area (Å²) in [5.41, 5.74) is -0.180. The highest BCUT2D eigenvalue weighted by Gasteiger charge is 2.17. The molecule has 0 unspecified atom stereocenters. The van der Waals surface area contributed by atoms with Gasteiger partial charge < -0.3 is 19.2 Å². The zero-order chi connectivity index (χ0) is 19.8. The molecule has 0 spiro atoms. The Bertz CT molecular complexity index is 1320. The van der Waals surface area contributed by atoms with Crippen LogP contribution in [-0.4, -0.2) is 19.2 Å². The monoisotopic (exact) mass is 394 g/mol. The highest BCUT2D eigenvalue weighted by molar-refractivity contribution is 6.30. The number of aromatic nitrogens is 2. The SMILES string of the molecule is O=c1c(-c2ccccc2O)cn2ccn(Cc3cccc(Cl)c3)c(=O)c2c1O. The number of rotatable bonds is 3. The Morgan fingerprint density at radius 3 is 2.46 bits per heavy atom. The molecule has 0 fully saturated rings. The van der Waals surface area contributed by atoms with Gasteiger partial charge in [-0.25, -0.2) is 0 Å². The highest BCUT2D eigenvalue weighted by atomic mass is 35.5. The third-order valence-electron chi connectivity index (χ3n) is 4.52. The van der Waals surface area contributed by atoms with Gasteiger partial charge in [0.2, 0.25) is 5.43 Å². The number of para-hydroxylation sites is 1. The van der Waals surface area contributed by atoms with Crippen LogP contribution in [0.25, 0.3) is 16.6 Å². The van der Waals surface area contributed by atoms with Gasteiger partial charge in [-0.05, 0) is 23.8 Å². The van der Waals surface area contributed by atoms with E-state index in [-0.39, 0.29) is 28.9 Å². The molecule has 2 aromatic heterocycles. The van der Waals surface area contributed by atoms with Gasteiger partial charge in [-0.2, -0.15) is 0 Å². The number of fused-ring (bicyclic) bond motifs is 1. The summed E-state index contributed by atoms with van der Waals surface area (Å²) in [6.07, 6.45) is 4.57. The summed E-state index contributed by atoms with van der Waals surface area (Å²) in [5, 5.41) is 21.0. The van der Waals surface area contributed by atoms with E-state index in [1.165, 1.54) is 21.2 Å². The third-order valence-corrected chi connectivity index (χ3v) is 4.75. The van der Waals surface area contributed by atoms with Crippen LogP contribution in [0.2, 0.25) is 5.02 Å². The van der Waals surface area contributed by atoms with Crippen molar-refractivity contribution in [1.29, 1.82) is 0 Å². The van der Waals surface area contributed by atoms with Crippen molar-refractivity contribution in [3.05, 3.63) is 98.3 Å². The lowest BCUT2D eigenvalue weighted by atomic mass is 10.1. The second-order valence-corrected chi connectivity index (χ2v) is 6.79. The maximum Gasteiger partial charge on any atom is 0.279 e. The smallest absolute Gasteiger partial charge is 0.279 e. The molecule has 0 atom stereocenters. The lowest BCUT2D eigenvalue weighted by Gasteiger charge is -2.12. The molecule has 0 aliphatic rings. The quantitative estimate of drug-likeness (QED) is 0.558.